The molecule has 1 amide bonds. The van der Waals surface area contributed by atoms with Gasteiger partial charge in [0.05, 0.1) is 25.7 Å². The second-order valence-electron chi connectivity index (χ2n) is 7.57. The van der Waals surface area contributed by atoms with Crippen molar-refractivity contribution in [2.45, 2.75) is 30.7 Å². The lowest BCUT2D eigenvalue weighted by Crippen LogP contribution is -2.58. The van der Waals surface area contributed by atoms with Crippen LogP contribution in [0.3, 0.4) is 0 Å². The fourth-order valence-corrected chi connectivity index (χ4v) is 4.18. The number of carboxylic acids is 1. The molecule has 31 heavy (non-hydrogen) atoms. The Morgan fingerprint density at radius 3 is 2.19 bits per heavy atom. The third kappa shape index (κ3) is 4.23. The number of hydrogen-bond acceptors (Lipinski definition) is 4. The lowest BCUT2D eigenvalue weighted by molar-refractivity contribution is -0.216. The number of nitrogens with zero attached hydrogens (tertiary/aromatic N) is 1. The molecule has 2 aromatic carbocycles. The van der Waals surface area contributed by atoms with E-state index in [1.807, 2.05) is 48.5 Å². The number of halogens is 3. The quantitative estimate of drug-likeness (QED) is 0.785. The molecule has 1 N–H and O–H groups in total. The van der Waals surface area contributed by atoms with Gasteiger partial charge in [0.15, 0.2) is 6.04 Å². The number of ether oxygens (including phenoxy) is 2. The maximum absolute atomic E-state index is 13.4. The van der Waals surface area contributed by atoms with Crippen LogP contribution in [0.1, 0.15) is 23.5 Å². The lowest BCUT2D eigenvalue weighted by Gasteiger charge is -2.39. The van der Waals surface area contributed by atoms with E-state index in [9.17, 15) is 22.8 Å². The van der Waals surface area contributed by atoms with Gasteiger partial charge in [-0.1, -0.05) is 48.5 Å². The van der Waals surface area contributed by atoms with Gasteiger partial charge in [0, 0.05) is 5.92 Å². The molecule has 4 rings (SSSR count). The van der Waals surface area contributed by atoms with E-state index >= 15 is 0 Å². The van der Waals surface area contributed by atoms with Crippen LogP contribution >= 0.6 is 0 Å². The molecule has 0 saturated carbocycles. The van der Waals surface area contributed by atoms with Crippen molar-refractivity contribution < 1.29 is 37.3 Å². The van der Waals surface area contributed by atoms with Crippen molar-refractivity contribution in [1.29, 1.82) is 0 Å². The summed E-state index contributed by atoms with van der Waals surface area (Å²) in [5.74, 6) is -1.51. The molecule has 9 heteroatoms. The number of morpholine rings is 1. The number of carbonyl (C=O) groups excluding carboxylic acids is 1. The number of amides is 1. The van der Waals surface area contributed by atoms with E-state index in [2.05, 4.69) is 0 Å². The molecule has 0 aromatic heterocycles. The molecule has 1 saturated heterocycles. The summed E-state index contributed by atoms with van der Waals surface area (Å²) in [4.78, 5) is 24.1. The average molecular weight is 435 g/mol. The van der Waals surface area contributed by atoms with Crippen molar-refractivity contribution in [2.75, 3.05) is 19.8 Å². The molecule has 0 radical (unpaired) electrons. The summed E-state index contributed by atoms with van der Waals surface area (Å²) in [7, 11) is 0. The highest BCUT2D eigenvalue weighted by Gasteiger charge is 2.49. The SMILES string of the molecule is O=C(O)CC1CN(C(=O)OCC2c3ccccc3-c3ccccc32)C(C(F)(F)F)CO1. The molecular weight excluding hydrogens is 415 g/mol. The molecule has 1 aliphatic carbocycles. The molecule has 164 valence electrons. The van der Waals surface area contributed by atoms with Gasteiger partial charge >= 0.3 is 18.2 Å². The zero-order chi connectivity index (χ0) is 22.2. The third-order valence-electron chi connectivity index (χ3n) is 5.62. The summed E-state index contributed by atoms with van der Waals surface area (Å²) >= 11 is 0. The molecule has 2 aliphatic rings. The average Bonchev–Trinajstić information content (AvgIpc) is 3.04. The van der Waals surface area contributed by atoms with Crippen LogP contribution in [-0.2, 0) is 14.3 Å². The van der Waals surface area contributed by atoms with Crippen molar-refractivity contribution in [3.8, 4) is 11.1 Å². The summed E-state index contributed by atoms with van der Waals surface area (Å²) in [5.41, 5.74) is 3.88. The van der Waals surface area contributed by atoms with Crippen molar-refractivity contribution in [3.05, 3.63) is 59.7 Å². The number of rotatable bonds is 4. The van der Waals surface area contributed by atoms with E-state index in [1.54, 1.807) is 0 Å². The summed E-state index contributed by atoms with van der Waals surface area (Å²) in [5, 5.41) is 8.91. The van der Waals surface area contributed by atoms with Crippen molar-refractivity contribution in [2.24, 2.45) is 0 Å². The second-order valence-corrected chi connectivity index (χ2v) is 7.57. The van der Waals surface area contributed by atoms with Crippen LogP contribution in [0.25, 0.3) is 11.1 Å². The molecule has 2 aromatic rings. The number of fused-ring (bicyclic) bond motifs is 3. The number of alkyl halides is 3. The largest absolute Gasteiger partial charge is 0.481 e. The molecule has 0 bridgehead atoms. The summed E-state index contributed by atoms with van der Waals surface area (Å²) in [6.45, 7) is -1.46. The Kier molecular flexibility index (Phi) is 5.62. The highest BCUT2D eigenvalue weighted by Crippen LogP contribution is 2.44. The van der Waals surface area contributed by atoms with Gasteiger partial charge in [-0.25, -0.2) is 4.79 Å². The standard InChI is InChI=1S/C22H20F3NO5/c23-22(24,25)19-12-30-13(9-20(27)28)10-26(19)21(29)31-11-18-16-7-3-1-5-14(16)15-6-2-4-8-17(15)18/h1-8,13,18-19H,9-12H2,(H,27,28). The predicted octanol–water partition coefficient (Wildman–Crippen LogP) is 4.04. The van der Waals surface area contributed by atoms with Crippen LogP contribution in [0.2, 0.25) is 0 Å². The topological polar surface area (TPSA) is 76.1 Å². The van der Waals surface area contributed by atoms with E-state index in [1.165, 1.54) is 0 Å². The van der Waals surface area contributed by atoms with Gasteiger partial charge in [-0.05, 0) is 22.3 Å². The molecule has 1 fully saturated rings. The highest BCUT2D eigenvalue weighted by atomic mass is 19.4. The van der Waals surface area contributed by atoms with Gasteiger partial charge in [0.25, 0.3) is 0 Å². The smallest absolute Gasteiger partial charge is 0.411 e. The van der Waals surface area contributed by atoms with Gasteiger partial charge in [0.1, 0.15) is 6.61 Å². The highest BCUT2D eigenvalue weighted by molar-refractivity contribution is 5.79. The van der Waals surface area contributed by atoms with Gasteiger partial charge in [-0.2, -0.15) is 13.2 Å². The number of hydrogen-bond donors (Lipinski definition) is 1. The summed E-state index contributed by atoms with van der Waals surface area (Å²) < 4.78 is 50.7. The number of carbonyl (C=O) groups is 2. The fourth-order valence-electron chi connectivity index (χ4n) is 4.18. The van der Waals surface area contributed by atoms with Gasteiger partial charge in [-0.15, -0.1) is 0 Å². The first-order valence-electron chi connectivity index (χ1n) is 9.77. The van der Waals surface area contributed by atoms with Gasteiger partial charge in [-0.3, -0.25) is 9.69 Å². The Labute approximate surface area is 176 Å². The van der Waals surface area contributed by atoms with Crippen LogP contribution in [0.15, 0.2) is 48.5 Å². The zero-order valence-electron chi connectivity index (χ0n) is 16.3. The van der Waals surface area contributed by atoms with Gasteiger partial charge in [0.2, 0.25) is 0 Å². The van der Waals surface area contributed by atoms with Crippen LogP contribution in [0.4, 0.5) is 18.0 Å². The van der Waals surface area contributed by atoms with Crippen molar-refractivity contribution >= 4 is 12.1 Å². The molecule has 0 spiro atoms. The number of benzene rings is 2. The third-order valence-corrected chi connectivity index (χ3v) is 5.62. The van der Waals surface area contributed by atoms with Crippen LogP contribution in [-0.4, -0.2) is 60.1 Å². The Hall–Kier alpha value is -3.07. The number of aliphatic carboxylic acids is 1. The van der Waals surface area contributed by atoms with Crippen LogP contribution in [0.5, 0.6) is 0 Å². The first-order valence-corrected chi connectivity index (χ1v) is 9.77. The summed E-state index contributed by atoms with van der Waals surface area (Å²) in [6, 6.07) is 13.0. The van der Waals surface area contributed by atoms with Crippen molar-refractivity contribution in [3.63, 3.8) is 0 Å². The predicted molar refractivity (Wildman–Crippen MR) is 104 cm³/mol. The van der Waals surface area contributed by atoms with E-state index < -0.39 is 50.0 Å². The maximum atomic E-state index is 13.4. The molecule has 2 atom stereocenters. The van der Waals surface area contributed by atoms with E-state index in [0.717, 1.165) is 22.3 Å². The van der Waals surface area contributed by atoms with E-state index in [0.29, 0.717) is 4.90 Å². The minimum atomic E-state index is -4.72. The fraction of sp³-hybridized carbons (Fsp3) is 0.364. The first kappa shape index (κ1) is 21.2. The van der Waals surface area contributed by atoms with Crippen molar-refractivity contribution in [1.82, 2.24) is 4.90 Å². The first-order chi connectivity index (χ1) is 14.8. The Balaban J connectivity index is 1.52. The van der Waals surface area contributed by atoms with Crippen LogP contribution in [0, 0.1) is 0 Å². The van der Waals surface area contributed by atoms with Crippen LogP contribution < -0.4 is 0 Å². The molecule has 1 heterocycles. The van der Waals surface area contributed by atoms with Gasteiger partial charge < -0.3 is 14.6 Å². The molecule has 6 nitrogen and oxygen atoms in total. The normalized spacial score (nSPS) is 20.8. The Morgan fingerprint density at radius 1 is 1.06 bits per heavy atom. The minimum Gasteiger partial charge on any atom is -0.481 e. The monoisotopic (exact) mass is 435 g/mol. The Morgan fingerprint density at radius 2 is 1.65 bits per heavy atom. The number of carboxylic acid groups (broad SMARTS) is 1. The molecule has 2 unspecified atom stereocenters. The maximum Gasteiger partial charge on any atom is 0.411 e. The van der Waals surface area contributed by atoms with E-state index in [4.69, 9.17) is 14.6 Å². The zero-order valence-corrected chi connectivity index (χ0v) is 16.3. The van der Waals surface area contributed by atoms with E-state index in [-0.39, 0.29) is 12.5 Å². The summed E-state index contributed by atoms with van der Waals surface area (Å²) in [6.07, 6.45) is -7.39. The minimum absolute atomic E-state index is 0.127. The Bertz CT molecular complexity index is 948. The molecule has 1 aliphatic heterocycles. The lowest BCUT2D eigenvalue weighted by atomic mass is 9.98. The second kappa shape index (κ2) is 8.22. The molecular formula is C22H20F3NO5.